The van der Waals surface area contributed by atoms with Crippen LogP contribution in [0, 0.1) is 0 Å². The molecule has 0 saturated carbocycles. The zero-order chi connectivity index (χ0) is 24.3. The average molecular weight is 501 g/mol. The Hall–Kier alpha value is -3.37. The number of aryl methyl sites for hydroxylation is 1. The normalized spacial score (nSPS) is 12.6. The molecule has 10 heteroatoms. The number of benzene rings is 2. The van der Waals surface area contributed by atoms with E-state index < -0.39 is 28.4 Å². The predicted molar refractivity (Wildman–Crippen MR) is 130 cm³/mol. The van der Waals surface area contributed by atoms with Gasteiger partial charge in [0.25, 0.3) is 10.0 Å². The molecule has 0 spiro atoms. The van der Waals surface area contributed by atoms with Gasteiger partial charge in [-0.15, -0.1) is 11.3 Å². The quantitative estimate of drug-likeness (QED) is 0.471. The molecule has 1 aliphatic carbocycles. The van der Waals surface area contributed by atoms with Gasteiger partial charge in [0.2, 0.25) is 5.91 Å². The van der Waals surface area contributed by atoms with Crippen LogP contribution in [0.15, 0.2) is 59.5 Å². The van der Waals surface area contributed by atoms with Gasteiger partial charge in [-0.05, 0) is 61.2 Å². The standard InChI is InChI=1S/C24H24N2O6S2/c1-31-17-13-11-16(12-14-17)26(34(29,30)18-7-4-3-5-8-18)15-21(27)25-23-22(24(28)32-2)19-9-6-10-20(19)33-23/h3-5,7-8,11-14H,6,9-10,15H2,1-2H3,(H,25,27). The Morgan fingerprint density at radius 3 is 2.38 bits per heavy atom. The number of nitrogens with zero attached hydrogens (tertiary/aromatic N) is 1. The number of hydrogen-bond donors (Lipinski definition) is 1. The molecule has 1 N–H and O–H groups in total. The van der Waals surface area contributed by atoms with Gasteiger partial charge in [-0.1, -0.05) is 18.2 Å². The SMILES string of the molecule is COC(=O)c1c(NC(=O)CN(c2ccc(OC)cc2)S(=O)(=O)c2ccccc2)sc2c1CCC2. The number of esters is 1. The molecule has 0 atom stereocenters. The number of carbonyl (C=O) groups excluding carboxylic acids is 2. The molecule has 1 heterocycles. The van der Waals surface area contributed by atoms with E-state index in [0.717, 1.165) is 34.0 Å². The van der Waals surface area contributed by atoms with Crippen molar-refractivity contribution in [3.63, 3.8) is 0 Å². The Bertz CT molecular complexity index is 1300. The molecule has 1 aliphatic rings. The molecule has 4 rings (SSSR count). The van der Waals surface area contributed by atoms with Crippen LogP contribution >= 0.6 is 11.3 Å². The lowest BCUT2D eigenvalue weighted by atomic mass is 10.1. The van der Waals surface area contributed by atoms with Crippen LogP contribution in [0.4, 0.5) is 10.7 Å². The van der Waals surface area contributed by atoms with Crippen molar-refractivity contribution in [1.29, 1.82) is 0 Å². The molecule has 3 aromatic rings. The van der Waals surface area contributed by atoms with Gasteiger partial charge in [-0.25, -0.2) is 13.2 Å². The summed E-state index contributed by atoms with van der Waals surface area (Å²) >= 11 is 1.34. The molecule has 0 radical (unpaired) electrons. The number of fused-ring (bicyclic) bond motifs is 1. The van der Waals surface area contributed by atoms with Crippen LogP contribution in [0.5, 0.6) is 5.75 Å². The monoisotopic (exact) mass is 500 g/mol. The highest BCUT2D eigenvalue weighted by Crippen LogP contribution is 2.39. The molecule has 0 unspecified atom stereocenters. The molecule has 8 nitrogen and oxygen atoms in total. The third-order valence-electron chi connectivity index (χ3n) is 5.54. The fourth-order valence-electron chi connectivity index (χ4n) is 3.89. The predicted octanol–water partition coefficient (Wildman–Crippen LogP) is 3.87. The third-order valence-corrected chi connectivity index (χ3v) is 8.54. The number of anilines is 2. The molecular weight excluding hydrogens is 476 g/mol. The summed E-state index contributed by atoms with van der Waals surface area (Å²) in [5, 5.41) is 3.13. The summed E-state index contributed by atoms with van der Waals surface area (Å²) < 4.78 is 38.0. The Morgan fingerprint density at radius 2 is 1.74 bits per heavy atom. The topological polar surface area (TPSA) is 102 Å². The van der Waals surface area contributed by atoms with Crippen LogP contribution in [0.1, 0.15) is 27.2 Å². The number of ether oxygens (including phenoxy) is 2. The van der Waals surface area contributed by atoms with Gasteiger partial charge in [0, 0.05) is 4.88 Å². The van der Waals surface area contributed by atoms with Crippen LogP contribution in [-0.2, 0) is 32.4 Å². The minimum atomic E-state index is -4.05. The molecule has 1 aromatic heterocycles. The maximum absolute atomic E-state index is 13.5. The van der Waals surface area contributed by atoms with E-state index in [1.807, 2.05) is 0 Å². The van der Waals surface area contributed by atoms with Crippen molar-refractivity contribution < 1.29 is 27.5 Å². The number of carbonyl (C=O) groups is 2. The lowest BCUT2D eigenvalue weighted by molar-refractivity contribution is -0.114. The van der Waals surface area contributed by atoms with Crippen molar-refractivity contribution in [1.82, 2.24) is 0 Å². The van der Waals surface area contributed by atoms with Gasteiger partial charge in [0.15, 0.2) is 0 Å². The summed E-state index contributed by atoms with van der Waals surface area (Å²) in [5.74, 6) is -0.528. The Kier molecular flexibility index (Phi) is 6.90. The van der Waals surface area contributed by atoms with E-state index in [4.69, 9.17) is 9.47 Å². The lowest BCUT2D eigenvalue weighted by Crippen LogP contribution is -2.38. The van der Waals surface area contributed by atoms with E-state index >= 15 is 0 Å². The lowest BCUT2D eigenvalue weighted by Gasteiger charge is -2.24. The summed E-state index contributed by atoms with van der Waals surface area (Å²) in [7, 11) is -1.24. The van der Waals surface area contributed by atoms with E-state index in [0.29, 0.717) is 22.0 Å². The van der Waals surface area contributed by atoms with Crippen molar-refractivity contribution in [2.45, 2.75) is 24.2 Å². The summed E-state index contributed by atoms with van der Waals surface area (Å²) in [6.07, 6.45) is 2.52. The van der Waals surface area contributed by atoms with Crippen molar-refractivity contribution in [3.8, 4) is 5.75 Å². The third kappa shape index (κ3) is 4.64. The average Bonchev–Trinajstić information content (AvgIpc) is 3.43. The molecule has 1 amide bonds. The first-order valence-corrected chi connectivity index (χ1v) is 12.9. The Morgan fingerprint density at radius 1 is 1.03 bits per heavy atom. The molecule has 2 aromatic carbocycles. The van der Waals surface area contributed by atoms with E-state index in [1.54, 1.807) is 42.5 Å². The molecule has 178 valence electrons. The number of nitrogens with one attached hydrogen (secondary N) is 1. The van der Waals surface area contributed by atoms with E-state index in [9.17, 15) is 18.0 Å². The second-order valence-corrected chi connectivity index (χ2v) is 10.6. The highest BCUT2D eigenvalue weighted by atomic mass is 32.2. The maximum Gasteiger partial charge on any atom is 0.341 e. The van der Waals surface area contributed by atoms with Gasteiger partial charge in [0.1, 0.15) is 17.3 Å². The van der Waals surface area contributed by atoms with Crippen molar-refractivity contribution in [3.05, 3.63) is 70.6 Å². The van der Waals surface area contributed by atoms with Gasteiger partial charge in [-0.3, -0.25) is 9.10 Å². The smallest absolute Gasteiger partial charge is 0.341 e. The molecule has 34 heavy (non-hydrogen) atoms. The first-order chi connectivity index (χ1) is 16.3. The van der Waals surface area contributed by atoms with E-state index in [1.165, 1.54) is 37.7 Å². The van der Waals surface area contributed by atoms with Crippen LogP contribution in [0.25, 0.3) is 0 Å². The molecule has 0 bridgehead atoms. The molecule has 0 aliphatic heterocycles. The van der Waals surface area contributed by atoms with Crippen molar-refractivity contribution in [2.75, 3.05) is 30.4 Å². The van der Waals surface area contributed by atoms with E-state index in [-0.39, 0.29) is 4.90 Å². The van der Waals surface area contributed by atoms with Gasteiger partial charge in [0.05, 0.1) is 30.4 Å². The summed E-state index contributed by atoms with van der Waals surface area (Å²) in [5.41, 5.74) is 1.56. The second-order valence-electron chi connectivity index (χ2n) is 7.62. The summed E-state index contributed by atoms with van der Waals surface area (Å²) in [6.45, 7) is -0.479. The maximum atomic E-state index is 13.5. The minimum Gasteiger partial charge on any atom is -0.497 e. The zero-order valence-corrected chi connectivity index (χ0v) is 20.4. The van der Waals surface area contributed by atoms with Crippen molar-refractivity contribution in [2.24, 2.45) is 0 Å². The molecule has 0 saturated heterocycles. The first kappa shape index (κ1) is 23.8. The fourth-order valence-corrected chi connectivity index (χ4v) is 6.63. The number of rotatable bonds is 8. The van der Waals surface area contributed by atoms with E-state index in [2.05, 4.69) is 5.32 Å². The summed E-state index contributed by atoms with van der Waals surface area (Å²) in [6, 6.07) is 14.3. The number of thiophene rings is 1. The largest absolute Gasteiger partial charge is 0.497 e. The van der Waals surface area contributed by atoms with Crippen molar-refractivity contribution >= 4 is 43.9 Å². The molecular formula is C24H24N2O6S2. The first-order valence-electron chi connectivity index (χ1n) is 10.6. The number of amides is 1. The highest BCUT2D eigenvalue weighted by molar-refractivity contribution is 7.92. The zero-order valence-electron chi connectivity index (χ0n) is 18.7. The van der Waals surface area contributed by atoms with Crippen LogP contribution in [0.2, 0.25) is 0 Å². The Labute approximate surface area is 202 Å². The van der Waals surface area contributed by atoms with Crippen LogP contribution in [-0.4, -0.2) is 41.1 Å². The van der Waals surface area contributed by atoms with Crippen LogP contribution in [0.3, 0.4) is 0 Å². The second kappa shape index (κ2) is 9.86. The number of sulfonamides is 1. The number of methoxy groups -OCH3 is 2. The fraction of sp³-hybridized carbons (Fsp3) is 0.250. The summed E-state index contributed by atoms with van der Waals surface area (Å²) in [4.78, 5) is 26.6. The van der Waals surface area contributed by atoms with Gasteiger partial charge in [-0.2, -0.15) is 0 Å². The number of hydrogen-bond acceptors (Lipinski definition) is 7. The van der Waals surface area contributed by atoms with Crippen LogP contribution < -0.4 is 14.4 Å². The minimum absolute atomic E-state index is 0.0592. The molecule has 0 fully saturated rings. The highest BCUT2D eigenvalue weighted by Gasteiger charge is 2.30. The van der Waals surface area contributed by atoms with Gasteiger partial charge >= 0.3 is 5.97 Å². The Balaban J connectivity index is 1.66. The van der Waals surface area contributed by atoms with Gasteiger partial charge < -0.3 is 14.8 Å².